The number of halogens is 2. The van der Waals surface area contributed by atoms with Crippen molar-refractivity contribution in [3.8, 4) is 0 Å². The monoisotopic (exact) mass is 429 g/mol. The Balaban J connectivity index is 1.13. The first-order valence-corrected chi connectivity index (χ1v) is 11.5. The number of piperidine rings is 1. The molecule has 29 heavy (non-hydrogen) atoms. The van der Waals surface area contributed by atoms with Crippen molar-refractivity contribution in [1.29, 1.82) is 0 Å². The van der Waals surface area contributed by atoms with Crippen molar-refractivity contribution in [1.82, 2.24) is 16.0 Å². The molecular weight excluding hydrogens is 397 g/mol. The van der Waals surface area contributed by atoms with Gasteiger partial charge < -0.3 is 20.7 Å². The van der Waals surface area contributed by atoms with E-state index in [-0.39, 0.29) is 41.9 Å². The molecule has 0 aromatic rings. The SMILES string of the molecule is CC1CCNC(CNC(=O)C23CC(NC(=O)COC4CCC(Cl)C(F)C4)(C2)C3)C1. The topological polar surface area (TPSA) is 79.5 Å². The largest absolute Gasteiger partial charge is 0.368 e. The third-order valence-corrected chi connectivity index (χ3v) is 7.77. The summed E-state index contributed by atoms with van der Waals surface area (Å²) in [5.41, 5.74) is -0.541. The van der Waals surface area contributed by atoms with Gasteiger partial charge in [-0.2, -0.15) is 0 Å². The number of nitrogens with one attached hydrogen (secondary N) is 3. The van der Waals surface area contributed by atoms with E-state index in [0.29, 0.717) is 50.6 Å². The van der Waals surface area contributed by atoms with Gasteiger partial charge in [0.1, 0.15) is 12.8 Å². The van der Waals surface area contributed by atoms with E-state index in [9.17, 15) is 14.0 Å². The van der Waals surface area contributed by atoms with Crippen LogP contribution in [0.15, 0.2) is 0 Å². The van der Waals surface area contributed by atoms with Crippen molar-refractivity contribution < 1.29 is 18.7 Å². The highest BCUT2D eigenvalue weighted by atomic mass is 35.5. The van der Waals surface area contributed by atoms with Crippen molar-refractivity contribution in [2.24, 2.45) is 11.3 Å². The molecule has 1 heterocycles. The maximum absolute atomic E-state index is 13.7. The van der Waals surface area contributed by atoms with E-state index in [2.05, 4.69) is 22.9 Å². The fourth-order valence-electron chi connectivity index (χ4n) is 5.66. The highest BCUT2D eigenvalue weighted by Crippen LogP contribution is 2.67. The molecule has 3 N–H and O–H groups in total. The van der Waals surface area contributed by atoms with E-state index in [1.165, 1.54) is 6.42 Å². The Morgan fingerprint density at radius 2 is 1.97 bits per heavy atom. The summed E-state index contributed by atoms with van der Waals surface area (Å²) in [7, 11) is 0. The van der Waals surface area contributed by atoms with Crippen LogP contribution in [-0.2, 0) is 14.3 Å². The van der Waals surface area contributed by atoms with Crippen molar-refractivity contribution in [2.45, 2.75) is 87.5 Å². The molecule has 4 saturated carbocycles. The Morgan fingerprint density at radius 1 is 1.21 bits per heavy atom. The Hall–Kier alpha value is -0.920. The number of hydrogen-bond acceptors (Lipinski definition) is 4. The maximum Gasteiger partial charge on any atom is 0.246 e. The number of carbonyl (C=O) groups is 2. The number of alkyl halides is 2. The predicted molar refractivity (Wildman–Crippen MR) is 108 cm³/mol. The number of ether oxygens (including phenoxy) is 1. The lowest BCUT2D eigenvalue weighted by Gasteiger charge is -2.69. The molecule has 0 radical (unpaired) electrons. The van der Waals surface area contributed by atoms with Gasteiger partial charge in [0.25, 0.3) is 0 Å². The van der Waals surface area contributed by atoms with Crippen molar-refractivity contribution in [3.63, 3.8) is 0 Å². The van der Waals surface area contributed by atoms with Gasteiger partial charge in [0.15, 0.2) is 0 Å². The summed E-state index contributed by atoms with van der Waals surface area (Å²) < 4.78 is 19.2. The summed E-state index contributed by atoms with van der Waals surface area (Å²) in [5.74, 6) is 0.647. The molecule has 8 heteroatoms. The summed E-state index contributed by atoms with van der Waals surface area (Å²) >= 11 is 5.88. The zero-order valence-corrected chi connectivity index (χ0v) is 17.9. The fraction of sp³-hybridized carbons (Fsp3) is 0.905. The predicted octanol–water partition coefficient (Wildman–Crippen LogP) is 2.04. The summed E-state index contributed by atoms with van der Waals surface area (Å²) in [6.07, 6.45) is 4.61. The molecule has 5 aliphatic rings. The molecule has 164 valence electrons. The van der Waals surface area contributed by atoms with Gasteiger partial charge in [-0.1, -0.05) is 6.92 Å². The van der Waals surface area contributed by atoms with E-state index < -0.39 is 11.5 Å². The first kappa shape index (κ1) is 21.3. The summed E-state index contributed by atoms with van der Waals surface area (Å²) in [4.78, 5) is 24.8. The first-order valence-electron chi connectivity index (χ1n) is 11.0. The number of amides is 2. The third-order valence-electron chi connectivity index (χ3n) is 7.28. The van der Waals surface area contributed by atoms with Gasteiger partial charge in [0.2, 0.25) is 11.8 Å². The standard InChI is InChI=1S/C21H33ClFN3O3/c1-13-4-5-24-14(6-13)8-25-19(28)20-10-21(11-20,12-20)26-18(27)9-29-15-2-3-16(22)17(23)7-15/h13-17,24H,2-12H2,1H3,(H,25,28)(H,26,27). The van der Waals surface area contributed by atoms with E-state index in [4.69, 9.17) is 16.3 Å². The molecule has 2 bridgehead atoms. The second kappa shape index (κ2) is 8.31. The van der Waals surface area contributed by atoms with Gasteiger partial charge >= 0.3 is 0 Å². The Morgan fingerprint density at radius 3 is 2.66 bits per heavy atom. The van der Waals surface area contributed by atoms with Crippen LogP contribution in [0.4, 0.5) is 4.39 Å². The molecular formula is C21H33ClFN3O3. The minimum absolute atomic E-state index is 0.0587. The first-order chi connectivity index (χ1) is 13.8. The highest BCUT2D eigenvalue weighted by Gasteiger charge is 2.72. The molecule has 0 aromatic heterocycles. The molecule has 5 atom stereocenters. The van der Waals surface area contributed by atoms with Crippen LogP contribution in [0.2, 0.25) is 0 Å². The number of hydrogen-bond donors (Lipinski definition) is 3. The second-order valence-corrected chi connectivity index (χ2v) is 10.5. The average Bonchev–Trinajstić information content (AvgIpc) is 2.62. The third kappa shape index (κ3) is 4.57. The fourth-order valence-corrected chi connectivity index (χ4v) is 5.89. The maximum atomic E-state index is 13.7. The summed E-state index contributed by atoms with van der Waals surface area (Å²) in [5, 5.41) is 9.18. The van der Waals surface area contributed by atoms with Crippen LogP contribution in [-0.4, -0.2) is 60.7 Å². The van der Waals surface area contributed by atoms with Crippen molar-refractivity contribution in [2.75, 3.05) is 19.7 Å². The highest BCUT2D eigenvalue weighted by molar-refractivity contribution is 6.21. The lowest BCUT2D eigenvalue weighted by atomic mass is 9.39. The van der Waals surface area contributed by atoms with E-state index in [0.717, 1.165) is 13.0 Å². The Bertz CT molecular complexity index is 629. The number of rotatable bonds is 7. The summed E-state index contributed by atoms with van der Waals surface area (Å²) in [6, 6.07) is 0.360. The molecule has 2 amide bonds. The van der Waals surface area contributed by atoms with Gasteiger partial charge in [-0.15, -0.1) is 11.6 Å². The van der Waals surface area contributed by atoms with Crippen LogP contribution in [0.25, 0.3) is 0 Å². The van der Waals surface area contributed by atoms with Crippen LogP contribution >= 0.6 is 11.6 Å². The van der Waals surface area contributed by atoms with Crippen LogP contribution in [0, 0.1) is 11.3 Å². The normalized spacial score (nSPS) is 43.6. The van der Waals surface area contributed by atoms with Crippen LogP contribution in [0.3, 0.4) is 0 Å². The van der Waals surface area contributed by atoms with Gasteiger partial charge in [-0.25, -0.2) is 4.39 Å². The molecule has 1 saturated heterocycles. The Labute approximate surface area is 177 Å². The van der Waals surface area contributed by atoms with Crippen molar-refractivity contribution >= 4 is 23.4 Å². The molecule has 5 rings (SSSR count). The van der Waals surface area contributed by atoms with Gasteiger partial charge in [0, 0.05) is 24.5 Å². The minimum atomic E-state index is -1.07. The lowest BCUT2D eigenvalue weighted by molar-refractivity contribution is -0.184. The molecule has 0 aromatic carbocycles. The second-order valence-electron chi connectivity index (χ2n) is 9.91. The number of carbonyl (C=O) groups excluding carboxylic acids is 2. The summed E-state index contributed by atoms with van der Waals surface area (Å²) in [6.45, 7) is 3.89. The van der Waals surface area contributed by atoms with Gasteiger partial charge in [-0.05, 0) is 57.4 Å². The van der Waals surface area contributed by atoms with Gasteiger partial charge in [-0.3, -0.25) is 9.59 Å². The van der Waals surface area contributed by atoms with E-state index >= 15 is 0 Å². The molecule has 1 aliphatic heterocycles. The van der Waals surface area contributed by atoms with Gasteiger partial charge in [0.05, 0.1) is 16.9 Å². The zero-order valence-electron chi connectivity index (χ0n) is 17.1. The van der Waals surface area contributed by atoms with Crippen LogP contribution in [0.1, 0.15) is 58.3 Å². The molecule has 4 aliphatic carbocycles. The smallest absolute Gasteiger partial charge is 0.246 e. The quantitative estimate of drug-likeness (QED) is 0.541. The van der Waals surface area contributed by atoms with E-state index in [1.807, 2.05) is 0 Å². The molecule has 5 fully saturated rings. The average molecular weight is 430 g/mol. The van der Waals surface area contributed by atoms with E-state index in [1.54, 1.807) is 0 Å². The lowest BCUT2D eigenvalue weighted by Crippen LogP contribution is -2.78. The van der Waals surface area contributed by atoms with Crippen LogP contribution in [0.5, 0.6) is 0 Å². The van der Waals surface area contributed by atoms with Crippen molar-refractivity contribution in [3.05, 3.63) is 0 Å². The molecule has 5 unspecified atom stereocenters. The molecule has 6 nitrogen and oxygen atoms in total. The van der Waals surface area contributed by atoms with Crippen LogP contribution < -0.4 is 16.0 Å². The Kier molecular flexibility index (Phi) is 6.11. The molecule has 0 spiro atoms. The minimum Gasteiger partial charge on any atom is -0.368 e. The zero-order chi connectivity index (χ0) is 20.6.